The molecule has 2 aromatic rings. The topological polar surface area (TPSA) is 80.0 Å². The van der Waals surface area contributed by atoms with Crippen molar-refractivity contribution in [3.8, 4) is 0 Å². The number of hydrazine groups is 1. The molecule has 0 aliphatic carbocycles. The fourth-order valence-corrected chi connectivity index (χ4v) is 2.07. The molecule has 2 rings (SSSR count). The summed E-state index contributed by atoms with van der Waals surface area (Å²) < 4.78 is 0.968. The lowest BCUT2D eigenvalue weighted by atomic mass is 10.2. The lowest BCUT2D eigenvalue weighted by Gasteiger charge is -2.09. The summed E-state index contributed by atoms with van der Waals surface area (Å²) >= 11 is 3.38. The van der Waals surface area contributed by atoms with E-state index in [2.05, 4.69) is 31.7 Å². The average molecular weight is 321 g/mol. The molecule has 0 radical (unpaired) electrons. The van der Waals surface area contributed by atoms with Crippen molar-refractivity contribution in [2.45, 2.75) is 6.92 Å². The minimum absolute atomic E-state index is 0.275. The summed E-state index contributed by atoms with van der Waals surface area (Å²) in [5, 5.41) is 2.81. The standard InChI is InChI=1S/C13H13BrN4O/c1-8-7-9(14)5-6-10(8)17-13(19)11-3-2-4-12(16-11)18-15/h2-7H,15H2,1H3,(H,16,18)(H,17,19). The molecule has 6 heteroatoms. The Hall–Kier alpha value is -1.92. The molecule has 19 heavy (non-hydrogen) atoms. The molecular weight excluding hydrogens is 308 g/mol. The molecule has 5 nitrogen and oxygen atoms in total. The molecule has 0 bridgehead atoms. The van der Waals surface area contributed by atoms with E-state index in [4.69, 9.17) is 5.84 Å². The Kier molecular flexibility index (Phi) is 4.13. The van der Waals surface area contributed by atoms with Gasteiger partial charge in [-0.2, -0.15) is 0 Å². The maximum absolute atomic E-state index is 12.1. The molecule has 1 aromatic carbocycles. The van der Waals surface area contributed by atoms with E-state index in [0.29, 0.717) is 11.5 Å². The number of carbonyl (C=O) groups is 1. The largest absolute Gasteiger partial charge is 0.320 e. The first-order valence-electron chi connectivity index (χ1n) is 5.61. The molecule has 1 amide bonds. The third-order valence-corrected chi connectivity index (χ3v) is 3.06. The van der Waals surface area contributed by atoms with E-state index in [1.54, 1.807) is 18.2 Å². The molecule has 4 N–H and O–H groups in total. The van der Waals surface area contributed by atoms with Crippen LogP contribution < -0.4 is 16.6 Å². The minimum Gasteiger partial charge on any atom is -0.320 e. The Labute approximate surface area is 119 Å². The minimum atomic E-state index is -0.275. The number of anilines is 2. The lowest BCUT2D eigenvalue weighted by molar-refractivity contribution is 0.102. The maximum Gasteiger partial charge on any atom is 0.274 e. The van der Waals surface area contributed by atoms with E-state index in [1.165, 1.54) is 0 Å². The number of halogens is 1. The lowest BCUT2D eigenvalue weighted by Crippen LogP contribution is -2.16. The zero-order valence-electron chi connectivity index (χ0n) is 10.3. The van der Waals surface area contributed by atoms with Crippen LogP contribution in [0.1, 0.15) is 16.1 Å². The van der Waals surface area contributed by atoms with Crippen LogP contribution in [0.5, 0.6) is 0 Å². The van der Waals surface area contributed by atoms with Gasteiger partial charge in [0.05, 0.1) is 0 Å². The van der Waals surface area contributed by atoms with E-state index in [9.17, 15) is 4.79 Å². The van der Waals surface area contributed by atoms with Crippen molar-refractivity contribution in [2.75, 3.05) is 10.7 Å². The first-order chi connectivity index (χ1) is 9.10. The number of hydrogen-bond acceptors (Lipinski definition) is 4. The van der Waals surface area contributed by atoms with Gasteiger partial charge in [0.25, 0.3) is 5.91 Å². The van der Waals surface area contributed by atoms with Crippen molar-refractivity contribution < 1.29 is 4.79 Å². The highest BCUT2D eigenvalue weighted by atomic mass is 79.9. The number of carbonyl (C=O) groups excluding carboxylic acids is 1. The molecule has 98 valence electrons. The molecule has 0 aliphatic rings. The summed E-state index contributed by atoms with van der Waals surface area (Å²) in [5.41, 5.74) is 4.43. The van der Waals surface area contributed by atoms with Crippen molar-refractivity contribution >= 4 is 33.3 Å². The Morgan fingerprint density at radius 2 is 2.11 bits per heavy atom. The number of rotatable bonds is 3. The van der Waals surface area contributed by atoms with Gasteiger partial charge < -0.3 is 10.7 Å². The van der Waals surface area contributed by atoms with Crippen LogP contribution in [0.15, 0.2) is 40.9 Å². The van der Waals surface area contributed by atoms with Crippen LogP contribution in [-0.4, -0.2) is 10.9 Å². The number of nitrogens with one attached hydrogen (secondary N) is 2. The number of nitrogens with two attached hydrogens (primary N) is 1. The second-order valence-corrected chi connectivity index (χ2v) is 4.88. The first-order valence-corrected chi connectivity index (χ1v) is 6.40. The van der Waals surface area contributed by atoms with Crippen LogP contribution in [-0.2, 0) is 0 Å². The summed E-state index contributed by atoms with van der Waals surface area (Å²) in [4.78, 5) is 16.1. The number of hydrogen-bond donors (Lipinski definition) is 3. The first kappa shape index (κ1) is 13.5. The summed E-state index contributed by atoms with van der Waals surface area (Å²) in [6.45, 7) is 1.92. The predicted molar refractivity (Wildman–Crippen MR) is 78.9 cm³/mol. The predicted octanol–water partition coefficient (Wildman–Crippen LogP) is 2.69. The molecule has 0 saturated heterocycles. The third-order valence-electron chi connectivity index (χ3n) is 2.57. The summed E-state index contributed by atoms with van der Waals surface area (Å²) in [7, 11) is 0. The summed E-state index contributed by atoms with van der Waals surface area (Å²) in [6.07, 6.45) is 0. The molecule has 0 saturated carbocycles. The van der Waals surface area contributed by atoms with Gasteiger partial charge in [-0.15, -0.1) is 0 Å². The second-order valence-electron chi connectivity index (χ2n) is 3.97. The van der Waals surface area contributed by atoms with Gasteiger partial charge in [-0.1, -0.05) is 22.0 Å². The monoisotopic (exact) mass is 320 g/mol. The molecule has 0 spiro atoms. The van der Waals surface area contributed by atoms with E-state index < -0.39 is 0 Å². The molecular formula is C13H13BrN4O. The van der Waals surface area contributed by atoms with Crippen molar-refractivity contribution in [2.24, 2.45) is 5.84 Å². The van der Waals surface area contributed by atoms with Crippen LogP contribution in [0.25, 0.3) is 0 Å². The molecule has 0 atom stereocenters. The number of aromatic nitrogens is 1. The highest BCUT2D eigenvalue weighted by molar-refractivity contribution is 9.10. The van der Waals surface area contributed by atoms with Crippen molar-refractivity contribution in [1.82, 2.24) is 4.98 Å². The molecule has 0 fully saturated rings. The van der Waals surface area contributed by atoms with E-state index >= 15 is 0 Å². The molecule has 1 heterocycles. The molecule has 1 aromatic heterocycles. The average Bonchev–Trinajstić information content (AvgIpc) is 2.42. The number of aryl methyl sites for hydroxylation is 1. The van der Waals surface area contributed by atoms with Crippen molar-refractivity contribution in [1.29, 1.82) is 0 Å². The number of pyridine rings is 1. The van der Waals surface area contributed by atoms with Crippen LogP contribution in [0, 0.1) is 6.92 Å². The molecule has 0 aliphatic heterocycles. The van der Waals surface area contributed by atoms with Gasteiger partial charge in [0.15, 0.2) is 0 Å². The van der Waals surface area contributed by atoms with Gasteiger partial charge >= 0.3 is 0 Å². The second kappa shape index (κ2) is 5.81. The Bertz CT molecular complexity index is 615. The van der Waals surface area contributed by atoms with Gasteiger partial charge in [0, 0.05) is 10.2 Å². The fraction of sp³-hybridized carbons (Fsp3) is 0.0769. The maximum atomic E-state index is 12.1. The number of nitrogen functional groups attached to an aromatic ring is 1. The smallest absolute Gasteiger partial charge is 0.274 e. The van der Waals surface area contributed by atoms with Crippen LogP contribution in [0.2, 0.25) is 0 Å². The van der Waals surface area contributed by atoms with Crippen LogP contribution in [0.3, 0.4) is 0 Å². The quantitative estimate of drug-likeness (QED) is 0.600. The van der Waals surface area contributed by atoms with Crippen LogP contribution >= 0.6 is 15.9 Å². The summed E-state index contributed by atoms with van der Waals surface area (Å²) in [5.74, 6) is 5.43. The summed E-state index contributed by atoms with van der Waals surface area (Å²) in [6, 6.07) is 10.7. The van der Waals surface area contributed by atoms with E-state index in [0.717, 1.165) is 15.7 Å². The number of nitrogens with zero attached hydrogens (tertiary/aromatic N) is 1. The van der Waals surface area contributed by atoms with Gasteiger partial charge in [0.2, 0.25) is 0 Å². The Morgan fingerprint density at radius 1 is 1.32 bits per heavy atom. The van der Waals surface area contributed by atoms with E-state index in [-0.39, 0.29) is 5.91 Å². The van der Waals surface area contributed by atoms with Gasteiger partial charge in [-0.05, 0) is 42.8 Å². The Balaban J connectivity index is 2.20. The van der Waals surface area contributed by atoms with Crippen molar-refractivity contribution in [3.63, 3.8) is 0 Å². The third kappa shape index (κ3) is 3.30. The van der Waals surface area contributed by atoms with E-state index in [1.807, 2.05) is 25.1 Å². The highest BCUT2D eigenvalue weighted by Crippen LogP contribution is 2.20. The molecule has 0 unspecified atom stereocenters. The number of benzene rings is 1. The fourth-order valence-electron chi connectivity index (χ4n) is 1.60. The van der Waals surface area contributed by atoms with Gasteiger partial charge in [-0.3, -0.25) is 4.79 Å². The van der Waals surface area contributed by atoms with Gasteiger partial charge in [-0.25, -0.2) is 10.8 Å². The zero-order valence-corrected chi connectivity index (χ0v) is 11.9. The Morgan fingerprint density at radius 3 is 2.79 bits per heavy atom. The normalized spacial score (nSPS) is 10.1. The highest BCUT2D eigenvalue weighted by Gasteiger charge is 2.09. The van der Waals surface area contributed by atoms with Gasteiger partial charge in [0.1, 0.15) is 11.5 Å². The number of amides is 1. The van der Waals surface area contributed by atoms with Crippen LogP contribution in [0.4, 0.5) is 11.5 Å². The SMILES string of the molecule is Cc1cc(Br)ccc1NC(=O)c1cccc(NN)n1. The van der Waals surface area contributed by atoms with Crippen molar-refractivity contribution in [3.05, 3.63) is 52.1 Å². The zero-order chi connectivity index (χ0) is 13.8.